The molecule has 3 aromatic rings. The van der Waals surface area contributed by atoms with E-state index >= 15 is 0 Å². The fourth-order valence-electron chi connectivity index (χ4n) is 4.05. The molecule has 1 fully saturated rings. The first-order chi connectivity index (χ1) is 17.1. The third-order valence-electron chi connectivity index (χ3n) is 6.00. The van der Waals surface area contributed by atoms with E-state index < -0.39 is 23.2 Å². The summed E-state index contributed by atoms with van der Waals surface area (Å²) in [5.74, 6) is -1.98. The molecule has 0 saturated carbocycles. The van der Waals surface area contributed by atoms with Crippen LogP contribution < -0.4 is 10.1 Å². The minimum absolute atomic E-state index is 0.0114. The number of halogens is 2. The summed E-state index contributed by atoms with van der Waals surface area (Å²) < 4.78 is 32.1. The van der Waals surface area contributed by atoms with Crippen LogP contribution in [0.25, 0.3) is 0 Å². The van der Waals surface area contributed by atoms with Gasteiger partial charge < -0.3 is 15.0 Å². The van der Waals surface area contributed by atoms with Crippen molar-refractivity contribution < 1.29 is 23.1 Å². The highest BCUT2D eigenvalue weighted by atomic mass is 19.1. The third-order valence-corrected chi connectivity index (χ3v) is 6.00. The quantitative estimate of drug-likeness (QED) is 0.557. The summed E-state index contributed by atoms with van der Waals surface area (Å²) in [4.78, 5) is 41.8. The van der Waals surface area contributed by atoms with E-state index in [2.05, 4.69) is 20.3 Å². The molecule has 0 spiro atoms. The van der Waals surface area contributed by atoms with Crippen LogP contribution >= 0.6 is 0 Å². The van der Waals surface area contributed by atoms with Gasteiger partial charge in [-0.05, 0) is 45.0 Å². The Kier molecular flexibility index (Phi) is 7.20. The fraction of sp³-hybridized carbons (Fsp3) is 0.320. The molecule has 0 aliphatic carbocycles. The summed E-state index contributed by atoms with van der Waals surface area (Å²) in [7, 11) is 0. The molecule has 1 aromatic carbocycles. The van der Waals surface area contributed by atoms with Gasteiger partial charge in [-0.3, -0.25) is 19.5 Å². The van der Waals surface area contributed by atoms with E-state index in [-0.39, 0.29) is 29.3 Å². The molecule has 4 rings (SSSR count). The molecular formula is C25H26F2N6O3. The Balaban J connectivity index is 1.35. The molecule has 0 bridgehead atoms. The molecule has 188 valence electrons. The second-order valence-corrected chi connectivity index (χ2v) is 9.06. The van der Waals surface area contributed by atoms with Gasteiger partial charge in [-0.1, -0.05) is 0 Å². The van der Waals surface area contributed by atoms with Gasteiger partial charge in [0.1, 0.15) is 5.82 Å². The zero-order valence-electron chi connectivity index (χ0n) is 20.1. The van der Waals surface area contributed by atoms with Crippen molar-refractivity contribution in [2.75, 3.05) is 25.0 Å². The number of aromatic nitrogens is 3. The number of ether oxygens (including phenoxy) is 1. The number of rotatable bonds is 6. The van der Waals surface area contributed by atoms with Gasteiger partial charge >= 0.3 is 0 Å². The van der Waals surface area contributed by atoms with Crippen LogP contribution in [0.3, 0.4) is 0 Å². The largest absolute Gasteiger partial charge is 0.434 e. The highest BCUT2D eigenvalue weighted by Crippen LogP contribution is 2.26. The first kappa shape index (κ1) is 25.1. The van der Waals surface area contributed by atoms with Gasteiger partial charge in [0, 0.05) is 38.1 Å². The summed E-state index contributed by atoms with van der Waals surface area (Å²) in [5, 5.41) is 2.71. The number of carbonyl (C=O) groups excluding carboxylic acids is 2. The van der Waals surface area contributed by atoms with Crippen molar-refractivity contribution >= 4 is 17.6 Å². The van der Waals surface area contributed by atoms with Gasteiger partial charge in [0.15, 0.2) is 17.4 Å². The van der Waals surface area contributed by atoms with Crippen LogP contribution in [0.1, 0.15) is 31.1 Å². The SMILES string of the molecule is C[C@@H](C(=O)Nc1cnc(Oc2ccc(F)cc2F)cn1)N1CCN(C(=O)c2cccnc2)C(C)(C)C1. The maximum atomic E-state index is 13.8. The zero-order chi connectivity index (χ0) is 25.9. The van der Waals surface area contributed by atoms with Crippen molar-refractivity contribution in [2.24, 2.45) is 0 Å². The number of hydrogen-bond donors (Lipinski definition) is 1. The number of nitrogens with zero attached hydrogens (tertiary/aromatic N) is 5. The molecule has 0 radical (unpaired) electrons. The molecular weight excluding hydrogens is 470 g/mol. The standard InChI is InChI=1S/C25H26F2N6O3/c1-16(32-9-10-33(25(2,3)15-32)24(35)17-5-4-8-28-12-17)23(34)31-21-13-30-22(14-29-21)36-20-7-6-18(26)11-19(20)27/h4-8,11-14,16H,9-10,15H2,1-3H3,(H,29,31,34)/t16-/m0/s1. The lowest BCUT2D eigenvalue weighted by Crippen LogP contribution is -2.63. The topological polar surface area (TPSA) is 101 Å². The Morgan fingerprint density at radius 2 is 1.92 bits per heavy atom. The number of benzene rings is 1. The average molecular weight is 497 g/mol. The van der Waals surface area contributed by atoms with Crippen molar-refractivity contribution in [1.82, 2.24) is 24.8 Å². The van der Waals surface area contributed by atoms with Crippen molar-refractivity contribution in [3.8, 4) is 11.6 Å². The smallest absolute Gasteiger partial charge is 0.255 e. The number of carbonyl (C=O) groups is 2. The van der Waals surface area contributed by atoms with Crippen molar-refractivity contribution in [2.45, 2.75) is 32.4 Å². The van der Waals surface area contributed by atoms with Gasteiger partial charge in [0.05, 0.1) is 29.5 Å². The van der Waals surface area contributed by atoms with E-state index in [0.717, 1.165) is 12.1 Å². The lowest BCUT2D eigenvalue weighted by Gasteiger charge is -2.48. The fourth-order valence-corrected chi connectivity index (χ4v) is 4.05. The molecule has 11 heteroatoms. The summed E-state index contributed by atoms with van der Waals surface area (Å²) in [6, 6.07) is 5.89. The molecule has 1 saturated heterocycles. The van der Waals surface area contributed by atoms with Crippen LogP contribution in [0.5, 0.6) is 11.6 Å². The number of anilines is 1. The van der Waals surface area contributed by atoms with Gasteiger partial charge in [-0.2, -0.15) is 0 Å². The van der Waals surface area contributed by atoms with Crippen LogP contribution in [-0.4, -0.2) is 67.8 Å². The Hall–Kier alpha value is -3.99. The van der Waals surface area contributed by atoms with Crippen LogP contribution in [0.2, 0.25) is 0 Å². The Bertz CT molecular complexity index is 1240. The summed E-state index contributed by atoms with van der Waals surface area (Å²) in [6.07, 6.45) is 5.69. The molecule has 1 atom stereocenters. The van der Waals surface area contributed by atoms with Gasteiger partial charge in [-0.15, -0.1) is 0 Å². The molecule has 2 aromatic heterocycles. The number of amides is 2. The van der Waals surface area contributed by atoms with Crippen LogP contribution in [0.4, 0.5) is 14.6 Å². The molecule has 0 unspecified atom stereocenters. The summed E-state index contributed by atoms with van der Waals surface area (Å²) in [5.41, 5.74) is 0.0201. The normalized spacial score (nSPS) is 16.3. The predicted molar refractivity (Wildman–Crippen MR) is 127 cm³/mol. The molecule has 3 heterocycles. The van der Waals surface area contributed by atoms with E-state index in [1.165, 1.54) is 12.4 Å². The lowest BCUT2D eigenvalue weighted by atomic mass is 9.96. The van der Waals surface area contributed by atoms with E-state index in [1.54, 1.807) is 36.4 Å². The van der Waals surface area contributed by atoms with Gasteiger partial charge in [-0.25, -0.2) is 18.7 Å². The monoisotopic (exact) mass is 496 g/mol. The maximum Gasteiger partial charge on any atom is 0.255 e. The predicted octanol–water partition coefficient (Wildman–Crippen LogP) is 3.51. The highest BCUT2D eigenvalue weighted by molar-refractivity contribution is 5.95. The third kappa shape index (κ3) is 5.62. The van der Waals surface area contributed by atoms with Crippen LogP contribution in [-0.2, 0) is 4.79 Å². The van der Waals surface area contributed by atoms with Crippen LogP contribution in [0.15, 0.2) is 55.1 Å². The van der Waals surface area contributed by atoms with Crippen molar-refractivity contribution in [3.63, 3.8) is 0 Å². The molecule has 1 N–H and O–H groups in total. The first-order valence-corrected chi connectivity index (χ1v) is 11.4. The molecule has 1 aliphatic rings. The highest BCUT2D eigenvalue weighted by Gasteiger charge is 2.39. The molecule has 1 aliphatic heterocycles. The second kappa shape index (κ2) is 10.3. The molecule has 9 nitrogen and oxygen atoms in total. The molecule has 2 amide bonds. The van der Waals surface area contributed by atoms with E-state index in [4.69, 9.17) is 4.74 Å². The van der Waals surface area contributed by atoms with E-state index in [0.29, 0.717) is 31.3 Å². The van der Waals surface area contributed by atoms with Gasteiger partial charge in [0.25, 0.3) is 5.91 Å². The van der Waals surface area contributed by atoms with Crippen molar-refractivity contribution in [1.29, 1.82) is 0 Å². The number of pyridine rings is 1. The number of nitrogens with one attached hydrogen (secondary N) is 1. The maximum absolute atomic E-state index is 13.8. The molecule has 36 heavy (non-hydrogen) atoms. The van der Waals surface area contributed by atoms with E-state index in [1.807, 2.05) is 18.7 Å². The number of piperazine rings is 1. The van der Waals surface area contributed by atoms with Gasteiger partial charge in [0.2, 0.25) is 11.8 Å². The second-order valence-electron chi connectivity index (χ2n) is 9.06. The Morgan fingerprint density at radius 1 is 1.11 bits per heavy atom. The first-order valence-electron chi connectivity index (χ1n) is 11.4. The summed E-state index contributed by atoms with van der Waals surface area (Å²) >= 11 is 0. The minimum Gasteiger partial charge on any atom is -0.434 e. The lowest BCUT2D eigenvalue weighted by molar-refractivity contribution is -0.122. The van der Waals surface area contributed by atoms with Crippen molar-refractivity contribution in [3.05, 3.63) is 72.3 Å². The number of hydrogen-bond acceptors (Lipinski definition) is 7. The Morgan fingerprint density at radius 3 is 2.56 bits per heavy atom. The van der Waals surface area contributed by atoms with Crippen LogP contribution in [0, 0.1) is 11.6 Å². The minimum atomic E-state index is -0.867. The Labute approximate surface area is 207 Å². The summed E-state index contributed by atoms with van der Waals surface area (Å²) in [6.45, 7) is 7.19. The average Bonchev–Trinajstić information content (AvgIpc) is 2.86. The van der Waals surface area contributed by atoms with E-state index in [9.17, 15) is 18.4 Å². The zero-order valence-corrected chi connectivity index (χ0v) is 20.1.